The summed E-state index contributed by atoms with van der Waals surface area (Å²) in [5.41, 5.74) is 3.24. The maximum absolute atomic E-state index is 5.56. The van der Waals surface area contributed by atoms with E-state index in [1.807, 2.05) is 18.2 Å². The summed E-state index contributed by atoms with van der Waals surface area (Å²) in [5, 5.41) is 0. The second-order valence-corrected chi connectivity index (χ2v) is 4.49. The van der Waals surface area contributed by atoms with Gasteiger partial charge in [0, 0.05) is 21.1 Å². The van der Waals surface area contributed by atoms with Crippen LogP contribution in [-0.4, -0.2) is 30.0 Å². The standard InChI is InChI=1S/C12H18O3Si/c1-12(13-2,14-3)15-16-10-9-11-7-5-4-6-8-11/h4-10H,16H2,1-3H3. The van der Waals surface area contributed by atoms with E-state index in [4.69, 9.17) is 13.9 Å². The van der Waals surface area contributed by atoms with Gasteiger partial charge < -0.3 is 13.9 Å². The third-order valence-corrected chi connectivity index (χ3v) is 3.41. The summed E-state index contributed by atoms with van der Waals surface area (Å²) in [5.74, 6) is -0.909. The van der Waals surface area contributed by atoms with E-state index in [1.54, 1.807) is 21.1 Å². The van der Waals surface area contributed by atoms with E-state index in [0.717, 1.165) is 0 Å². The topological polar surface area (TPSA) is 27.7 Å². The molecule has 4 heteroatoms. The molecule has 1 aromatic carbocycles. The summed E-state index contributed by atoms with van der Waals surface area (Å²) in [6.45, 7) is 1.76. The SMILES string of the molecule is COC(C)(OC)O[SiH2]C=Cc1ccccc1. The van der Waals surface area contributed by atoms with Gasteiger partial charge in [-0.2, -0.15) is 0 Å². The number of hydrogen-bond acceptors (Lipinski definition) is 3. The third-order valence-electron chi connectivity index (χ3n) is 2.29. The van der Waals surface area contributed by atoms with Crippen LogP contribution in [0.1, 0.15) is 12.5 Å². The van der Waals surface area contributed by atoms with Crippen molar-refractivity contribution in [1.29, 1.82) is 0 Å². The predicted molar refractivity (Wildman–Crippen MR) is 67.5 cm³/mol. The first-order valence-corrected chi connectivity index (χ1v) is 6.55. The molecular formula is C12H18O3Si. The third kappa shape index (κ3) is 4.28. The minimum absolute atomic E-state index is 0.789. The Labute approximate surface area is 99.0 Å². The van der Waals surface area contributed by atoms with Crippen LogP contribution in [0.15, 0.2) is 36.0 Å². The van der Waals surface area contributed by atoms with Crippen LogP contribution in [0, 0.1) is 0 Å². The molecular weight excluding hydrogens is 220 g/mol. The molecule has 0 unspecified atom stereocenters. The van der Waals surface area contributed by atoms with Crippen LogP contribution in [0.3, 0.4) is 0 Å². The molecule has 0 N–H and O–H groups in total. The second-order valence-electron chi connectivity index (χ2n) is 3.39. The largest absolute Gasteiger partial charge is 0.371 e. The van der Waals surface area contributed by atoms with Crippen molar-refractivity contribution in [2.24, 2.45) is 0 Å². The van der Waals surface area contributed by atoms with Gasteiger partial charge in [-0.25, -0.2) is 0 Å². The molecule has 1 aromatic rings. The van der Waals surface area contributed by atoms with E-state index < -0.39 is 15.7 Å². The molecule has 0 aliphatic carbocycles. The normalized spacial score (nSPS) is 12.9. The van der Waals surface area contributed by atoms with Crippen molar-refractivity contribution in [2.45, 2.75) is 12.9 Å². The Morgan fingerprint density at radius 3 is 2.31 bits per heavy atom. The molecule has 0 amide bonds. The fourth-order valence-corrected chi connectivity index (χ4v) is 2.15. The van der Waals surface area contributed by atoms with Crippen molar-refractivity contribution in [3.05, 3.63) is 41.6 Å². The molecule has 0 aliphatic heterocycles. The Hall–Kier alpha value is -0.943. The second kappa shape index (κ2) is 6.60. The fourth-order valence-electron chi connectivity index (χ4n) is 1.15. The van der Waals surface area contributed by atoms with Crippen LogP contribution >= 0.6 is 0 Å². The van der Waals surface area contributed by atoms with Gasteiger partial charge in [-0.15, -0.1) is 0 Å². The van der Waals surface area contributed by atoms with Crippen molar-refractivity contribution < 1.29 is 13.9 Å². The Morgan fingerprint density at radius 2 is 1.75 bits per heavy atom. The Bertz CT molecular complexity index is 320. The van der Waals surface area contributed by atoms with Gasteiger partial charge >= 0.3 is 0 Å². The van der Waals surface area contributed by atoms with E-state index in [-0.39, 0.29) is 0 Å². The van der Waals surface area contributed by atoms with Crippen molar-refractivity contribution in [3.63, 3.8) is 0 Å². The van der Waals surface area contributed by atoms with Crippen LogP contribution in [0.4, 0.5) is 0 Å². The highest BCUT2D eigenvalue weighted by molar-refractivity contribution is 6.35. The maximum atomic E-state index is 5.56. The molecule has 0 aliphatic rings. The number of rotatable bonds is 6. The molecule has 0 heterocycles. The molecule has 0 fully saturated rings. The lowest BCUT2D eigenvalue weighted by Crippen LogP contribution is -2.34. The van der Waals surface area contributed by atoms with Crippen LogP contribution in [0.2, 0.25) is 0 Å². The van der Waals surface area contributed by atoms with Gasteiger partial charge in [-0.1, -0.05) is 42.1 Å². The molecule has 0 atom stereocenters. The predicted octanol–water partition coefficient (Wildman–Crippen LogP) is 1.72. The van der Waals surface area contributed by atoms with E-state index in [1.165, 1.54) is 5.56 Å². The summed E-state index contributed by atoms with van der Waals surface area (Å²) in [6, 6.07) is 10.1. The molecule has 0 radical (unpaired) electrons. The first-order valence-electron chi connectivity index (χ1n) is 5.16. The first kappa shape index (κ1) is 13.1. The zero-order valence-electron chi connectivity index (χ0n) is 9.97. The van der Waals surface area contributed by atoms with Gasteiger partial charge in [-0.3, -0.25) is 0 Å². The number of methoxy groups -OCH3 is 2. The molecule has 0 saturated heterocycles. The summed E-state index contributed by atoms with van der Waals surface area (Å²) < 4.78 is 15.7. The highest BCUT2D eigenvalue weighted by Gasteiger charge is 2.21. The Kier molecular flexibility index (Phi) is 5.41. The first-order chi connectivity index (χ1) is 7.70. The molecule has 3 nitrogen and oxygen atoms in total. The molecule has 0 saturated carbocycles. The van der Waals surface area contributed by atoms with Crippen LogP contribution in [-0.2, 0) is 13.9 Å². The molecule has 0 aromatic heterocycles. The lowest BCUT2D eigenvalue weighted by atomic mass is 10.2. The van der Waals surface area contributed by atoms with Gasteiger partial charge in [-0.05, 0) is 5.56 Å². The van der Waals surface area contributed by atoms with Gasteiger partial charge in [0.25, 0.3) is 5.97 Å². The van der Waals surface area contributed by atoms with Gasteiger partial charge in [0.15, 0.2) is 9.76 Å². The van der Waals surface area contributed by atoms with Crippen molar-refractivity contribution in [1.82, 2.24) is 0 Å². The van der Waals surface area contributed by atoms with Crippen LogP contribution in [0.5, 0.6) is 0 Å². The summed E-state index contributed by atoms with van der Waals surface area (Å²) in [7, 11) is 2.35. The smallest absolute Gasteiger partial charge is 0.269 e. The summed E-state index contributed by atoms with van der Waals surface area (Å²) >= 11 is 0. The molecule has 16 heavy (non-hydrogen) atoms. The van der Waals surface area contributed by atoms with Crippen molar-refractivity contribution in [2.75, 3.05) is 14.2 Å². The monoisotopic (exact) mass is 238 g/mol. The minimum atomic E-state index is -0.909. The van der Waals surface area contributed by atoms with Crippen molar-refractivity contribution >= 4 is 15.8 Å². The molecule has 1 rings (SSSR count). The van der Waals surface area contributed by atoms with E-state index >= 15 is 0 Å². The fraction of sp³-hybridized carbons (Fsp3) is 0.333. The van der Waals surface area contributed by atoms with Crippen LogP contribution in [0.25, 0.3) is 6.08 Å². The van der Waals surface area contributed by atoms with Gasteiger partial charge in [0.2, 0.25) is 0 Å². The zero-order valence-corrected chi connectivity index (χ0v) is 11.4. The minimum Gasteiger partial charge on any atom is -0.371 e. The molecule has 0 spiro atoms. The summed E-state index contributed by atoms with van der Waals surface area (Å²) in [6.07, 6.45) is 2.05. The maximum Gasteiger partial charge on any atom is 0.269 e. The van der Waals surface area contributed by atoms with E-state index in [2.05, 4.69) is 23.9 Å². The Balaban J connectivity index is 2.38. The average molecular weight is 238 g/mol. The lowest BCUT2D eigenvalue weighted by Gasteiger charge is -2.25. The van der Waals surface area contributed by atoms with Gasteiger partial charge in [0.05, 0.1) is 0 Å². The Morgan fingerprint density at radius 1 is 1.12 bits per heavy atom. The van der Waals surface area contributed by atoms with Crippen molar-refractivity contribution in [3.8, 4) is 0 Å². The van der Waals surface area contributed by atoms with E-state index in [9.17, 15) is 0 Å². The summed E-state index contributed by atoms with van der Waals surface area (Å²) in [4.78, 5) is 0. The quantitative estimate of drug-likeness (QED) is 0.558. The lowest BCUT2D eigenvalue weighted by molar-refractivity contribution is -0.310. The molecule has 88 valence electrons. The zero-order chi connectivity index (χ0) is 11.9. The molecule has 0 bridgehead atoms. The van der Waals surface area contributed by atoms with Crippen LogP contribution < -0.4 is 0 Å². The average Bonchev–Trinajstić information content (AvgIpc) is 2.36. The number of hydrogen-bond donors (Lipinski definition) is 0. The number of ether oxygens (including phenoxy) is 2. The van der Waals surface area contributed by atoms with E-state index in [0.29, 0.717) is 0 Å². The highest BCUT2D eigenvalue weighted by atomic mass is 28.2. The highest BCUT2D eigenvalue weighted by Crippen LogP contribution is 2.10. The number of benzene rings is 1. The van der Waals surface area contributed by atoms with Gasteiger partial charge in [0.1, 0.15) is 0 Å².